The maximum atomic E-state index is 5.42. The van der Waals surface area contributed by atoms with Gasteiger partial charge < -0.3 is 0 Å². The molecule has 3 rings (SSSR count). The average molecular weight is 309 g/mol. The van der Waals surface area contributed by atoms with Crippen LogP contribution in [0.15, 0.2) is 48.5 Å². The summed E-state index contributed by atoms with van der Waals surface area (Å²) in [5.41, 5.74) is 4.85. The number of H-pyrrole nitrogens is 1. The molecule has 112 valence electrons. The topological polar surface area (TPSA) is 33.6 Å². The van der Waals surface area contributed by atoms with Crippen LogP contribution in [0.5, 0.6) is 0 Å². The Morgan fingerprint density at radius 2 is 1.68 bits per heavy atom. The van der Waals surface area contributed by atoms with E-state index < -0.39 is 0 Å². The molecule has 3 nitrogen and oxygen atoms in total. The van der Waals surface area contributed by atoms with Crippen molar-refractivity contribution in [2.75, 3.05) is 0 Å². The predicted octanol–water partition coefficient (Wildman–Crippen LogP) is 4.33. The molecule has 0 amide bonds. The van der Waals surface area contributed by atoms with Gasteiger partial charge in [-0.1, -0.05) is 36.4 Å². The lowest BCUT2D eigenvalue weighted by molar-refractivity contribution is 0.819. The van der Waals surface area contributed by atoms with E-state index >= 15 is 0 Å². The van der Waals surface area contributed by atoms with Crippen LogP contribution in [-0.2, 0) is 12.8 Å². The summed E-state index contributed by atoms with van der Waals surface area (Å²) in [7, 11) is 0. The maximum absolute atomic E-state index is 5.42. The Bertz CT molecular complexity index is 811. The van der Waals surface area contributed by atoms with Crippen LogP contribution < -0.4 is 0 Å². The minimum atomic E-state index is 0.646. The molecular weight excluding hydrogens is 290 g/mol. The zero-order valence-corrected chi connectivity index (χ0v) is 13.7. The molecule has 0 saturated heterocycles. The summed E-state index contributed by atoms with van der Waals surface area (Å²) >= 11 is 5.42. The normalized spacial score (nSPS) is 10.8. The Morgan fingerprint density at radius 1 is 1.00 bits per heavy atom. The summed E-state index contributed by atoms with van der Waals surface area (Å²) in [5.74, 6) is 0.971. The van der Waals surface area contributed by atoms with E-state index in [0.717, 1.165) is 24.4 Å². The van der Waals surface area contributed by atoms with E-state index in [-0.39, 0.29) is 0 Å². The Kier molecular flexibility index (Phi) is 4.20. The van der Waals surface area contributed by atoms with Crippen molar-refractivity contribution in [3.05, 3.63) is 75.8 Å². The third kappa shape index (κ3) is 3.17. The van der Waals surface area contributed by atoms with Crippen molar-refractivity contribution in [3.63, 3.8) is 0 Å². The monoisotopic (exact) mass is 309 g/mol. The Balaban J connectivity index is 1.92. The molecule has 3 aromatic rings. The average Bonchev–Trinajstić information content (AvgIpc) is 2.86. The molecule has 1 aromatic heterocycles. The first kappa shape index (κ1) is 14.7. The van der Waals surface area contributed by atoms with Crippen LogP contribution in [0.3, 0.4) is 0 Å². The lowest BCUT2D eigenvalue weighted by Crippen LogP contribution is -2.04. The third-order valence-electron chi connectivity index (χ3n) is 3.69. The lowest BCUT2D eigenvalue weighted by atomic mass is 10.1. The molecule has 0 aliphatic carbocycles. The number of hydrogen-bond donors (Lipinski definition) is 1. The highest BCUT2D eigenvalue weighted by Crippen LogP contribution is 2.17. The second-order valence-corrected chi connectivity index (χ2v) is 6.00. The van der Waals surface area contributed by atoms with Crippen molar-refractivity contribution in [1.29, 1.82) is 0 Å². The molecule has 2 aromatic carbocycles. The molecule has 0 fully saturated rings. The molecule has 0 saturated carbocycles. The van der Waals surface area contributed by atoms with Crippen molar-refractivity contribution in [2.24, 2.45) is 0 Å². The van der Waals surface area contributed by atoms with Gasteiger partial charge in [0.2, 0.25) is 0 Å². The van der Waals surface area contributed by atoms with Crippen LogP contribution in [-0.4, -0.2) is 14.8 Å². The number of rotatable bonds is 4. The highest BCUT2D eigenvalue weighted by molar-refractivity contribution is 7.71. The van der Waals surface area contributed by atoms with Gasteiger partial charge in [0.1, 0.15) is 5.82 Å². The second-order valence-electron chi connectivity index (χ2n) is 5.61. The fraction of sp³-hybridized carbons (Fsp3) is 0.222. The van der Waals surface area contributed by atoms with E-state index in [4.69, 9.17) is 12.2 Å². The van der Waals surface area contributed by atoms with Crippen molar-refractivity contribution < 1.29 is 0 Å². The Morgan fingerprint density at radius 3 is 2.36 bits per heavy atom. The SMILES string of the molecule is Cc1cc(C)cc(-n2c(CCc3ccccc3)n[nH]c2=S)c1. The van der Waals surface area contributed by atoms with Gasteiger partial charge in [-0.25, -0.2) is 0 Å². The van der Waals surface area contributed by atoms with Gasteiger partial charge in [-0.05, 0) is 61.3 Å². The highest BCUT2D eigenvalue weighted by Gasteiger charge is 2.09. The van der Waals surface area contributed by atoms with Gasteiger partial charge in [-0.2, -0.15) is 5.10 Å². The standard InChI is InChI=1S/C18H19N3S/c1-13-10-14(2)12-16(11-13)21-17(19-20-18(21)22)9-8-15-6-4-3-5-7-15/h3-7,10-12H,8-9H2,1-2H3,(H,20,22). The number of aromatic nitrogens is 3. The van der Waals surface area contributed by atoms with Crippen molar-refractivity contribution in [1.82, 2.24) is 14.8 Å². The van der Waals surface area contributed by atoms with Crippen LogP contribution >= 0.6 is 12.2 Å². The lowest BCUT2D eigenvalue weighted by Gasteiger charge is -2.09. The van der Waals surface area contributed by atoms with Crippen LogP contribution in [0.4, 0.5) is 0 Å². The quantitative estimate of drug-likeness (QED) is 0.728. The van der Waals surface area contributed by atoms with Crippen molar-refractivity contribution in [2.45, 2.75) is 26.7 Å². The van der Waals surface area contributed by atoms with Crippen LogP contribution in [0.1, 0.15) is 22.5 Å². The summed E-state index contributed by atoms with van der Waals surface area (Å²) in [6.07, 6.45) is 1.80. The third-order valence-corrected chi connectivity index (χ3v) is 3.96. The highest BCUT2D eigenvalue weighted by atomic mass is 32.1. The molecule has 0 spiro atoms. The minimum absolute atomic E-state index is 0.646. The second kappa shape index (κ2) is 6.28. The summed E-state index contributed by atoms with van der Waals surface area (Å²) < 4.78 is 2.69. The van der Waals surface area contributed by atoms with E-state index in [1.165, 1.54) is 16.7 Å². The zero-order valence-electron chi connectivity index (χ0n) is 12.8. The minimum Gasteiger partial charge on any atom is -0.272 e. The number of hydrogen-bond acceptors (Lipinski definition) is 2. The molecule has 22 heavy (non-hydrogen) atoms. The van der Waals surface area contributed by atoms with Gasteiger partial charge in [0.05, 0.1) is 5.69 Å². The number of benzene rings is 2. The van der Waals surface area contributed by atoms with Crippen LogP contribution in [0.2, 0.25) is 0 Å². The van der Waals surface area contributed by atoms with Gasteiger partial charge in [-0.3, -0.25) is 9.67 Å². The van der Waals surface area contributed by atoms with E-state index in [1.807, 2.05) is 10.6 Å². The van der Waals surface area contributed by atoms with Crippen molar-refractivity contribution >= 4 is 12.2 Å². The number of nitrogens with one attached hydrogen (secondary N) is 1. The first-order chi connectivity index (χ1) is 10.6. The first-order valence-corrected chi connectivity index (χ1v) is 7.83. The fourth-order valence-electron chi connectivity index (χ4n) is 2.74. The zero-order chi connectivity index (χ0) is 15.5. The van der Waals surface area contributed by atoms with E-state index in [0.29, 0.717) is 4.77 Å². The first-order valence-electron chi connectivity index (χ1n) is 7.42. The summed E-state index contributed by atoms with van der Waals surface area (Å²) in [6, 6.07) is 16.9. The number of aromatic amines is 1. The molecule has 0 atom stereocenters. The van der Waals surface area contributed by atoms with Crippen molar-refractivity contribution in [3.8, 4) is 5.69 Å². The van der Waals surface area contributed by atoms with Gasteiger partial charge in [0, 0.05) is 6.42 Å². The molecule has 0 bridgehead atoms. The molecule has 4 heteroatoms. The van der Waals surface area contributed by atoms with Gasteiger partial charge in [0.15, 0.2) is 4.77 Å². The molecule has 0 radical (unpaired) electrons. The van der Waals surface area contributed by atoms with E-state index in [1.54, 1.807) is 0 Å². The molecule has 0 aliphatic rings. The molecule has 0 unspecified atom stereocenters. The van der Waals surface area contributed by atoms with Gasteiger partial charge in [-0.15, -0.1) is 0 Å². The number of aryl methyl sites for hydroxylation is 4. The molecule has 0 aliphatic heterocycles. The van der Waals surface area contributed by atoms with Gasteiger partial charge >= 0.3 is 0 Å². The Hall–Kier alpha value is -2.20. The van der Waals surface area contributed by atoms with Gasteiger partial charge in [0.25, 0.3) is 0 Å². The molecule has 1 N–H and O–H groups in total. The summed E-state index contributed by atoms with van der Waals surface area (Å²) in [6.45, 7) is 4.20. The maximum Gasteiger partial charge on any atom is 0.199 e. The predicted molar refractivity (Wildman–Crippen MR) is 92.1 cm³/mol. The smallest absolute Gasteiger partial charge is 0.199 e. The largest absolute Gasteiger partial charge is 0.272 e. The molecule has 1 heterocycles. The Labute approximate surface area is 135 Å². The number of nitrogens with zero attached hydrogens (tertiary/aromatic N) is 2. The van der Waals surface area contributed by atoms with Crippen LogP contribution in [0, 0.1) is 18.6 Å². The summed E-state index contributed by atoms with van der Waals surface area (Å²) in [5, 5.41) is 7.34. The van der Waals surface area contributed by atoms with E-state index in [2.05, 4.69) is 66.5 Å². The van der Waals surface area contributed by atoms with E-state index in [9.17, 15) is 0 Å². The molecular formula is C18H19N3S. The van der Waals surface area contributed by atoms with Crippen LogP contribution in [0.25, 0.3) is 5.69 Å². The fourth-order valence-corrected chi connectivity index (χ4v) is 3.00. The summed E-state index contributed by atoms with van der Waals surface area (Å²) in [4.78, 5) is 0.